The molecule has 0 aliphatic heterocycles. The number of rotatable bonds is 1. The molecule has 0 amide bonds. The maximum absolute atomic E-state index is 11.2. The van der Waals surface area contributed by atoms with Gasteiger partial charge in [0.2, 0.25) is 0 Å². The second kappa shape index (κ2) is 3.23. The Morgan fingerprint density at radius 1 is 1.47 bits per heavy atom. The minimum absolute atomic E-state index is 0.204. The molecule has 0 fully saturated rings. The van der Waals surface area contributed by atoms with Crippen molar-refractivity contribution in [2.75, 3.05) is 5.73 Å². The fraction of sp³-hybridized carbons (Fsp3) is 0.222. The molecule has 0 aliphatic carbocycles. The number of nitrogens with one attached hydrogen (secondary N) is 1. The fourth-order valence-electron chi connectivity index (χ4n) is 1.27. The van der Waals surface area contributed by atoms with E-state index in [4.69, 9.17) is 5.73 Å². The van der Waals surface area contributed by atoms with Gasteiger partial charge in [-0.2, -0.15) is 0 Å². The number of hydrogen-bond acceptors (Lipinski definition) is 4. The third-order valence-corrected chi connectivity index (χ3v) is 2.02. The number of nitrogens with zero attached hydrogens (tertiary/aromatic N) is 3. The van der Waals surface area contributed by atoms with Gasteiger partial charge in [0, 0.05) is 17.8 Å². The van der Waals surface area contributed by atoms with Gasteiger partial charge < -0.3 is 10.7 Å². The van der Waals surface area contributed by atoms with Crippen molar-refractivity contribution in [3.63, 3.8) is 0 Å². The zero-order chi connectivity index (χ0) is 11.0. The maximum atomic E-state index is 11.2. The van der Waals surface area contributed by atoms with Crippen molar-refractivity contribution >= 4 is 5.82 Å². The quantitative estimate of drug-likeness (QED) is 0.693. The molecule has 6 heteroatoms. The summed E-state index contributed by atoms with van der Waals surface area (Å²) in [5, 5.41) is 4.04. The predicted molar refractivity (Wildman–Crippen MR) is 55.9 cm³/mol. The van der Waals surface area contributed by atoms with E-state index in [1.807, 2.05) is 6.92 Å². The molecule has 0 aromatic carbocycles. The lowest BCUT2D eigenvalue weighted by atomic mass is 10.4. The third-order valence-electron chi connectivity index (χ3n) is 2.02. The lowest BCUT2D eigenvalue weighted by molar-refractivity contribution is 0.826. The van der Waals surface area contributed by atoms with Crippen LogP contribution in [0.5, 0.6) is 0 Å². The van der Waals surface area contributed by atoms with Crippen molar-refractivity contribution in [1.29, 1.82) is 0 Å². The summed E-state index contributed by atoms with van der Waals surface area (Å²) in [6, 6.07) is 1.37. The second-order valence-electron chi connectivity index (χ2n) is 3.33. The van der Waals surface area contributed by atoms with Gasteiger partial charge in [-0.25, -0.2) is 9.67 Å². The molecule has 78 valence electrons. The Balaban J connectivity index is 2.58. The first kappa shape index (κ1) is 9.45. The smallest absolute Gasteiger partial charge is 0.253 e. The highest BCUT2D eigenvalue weighted by atomic mass is 16.1. The number of aryl methyl sites for hydroxylation is 2. The molecular formula is C9H11N5O. The third kappa shape index (κ3) is 1.74. The van der Waals surface area contributed by atoms with E-state index in [0.29, 0.717) is 17.5 Å². The van der Waals surface area contributed by atoms with E-state index in [1.165, 1.54) is 10.7 Å². The highest BCUT2D eigenvalue weighted by Crippen LogP contribution is 2.09. The van der Waals surface area contributed by atoms with Gasteiger partial charge in [0.05, 0.1) is 0 Å². The molecule has 0 saturated carbocycles. The van der Waals surface area contributed by atoms with Crippen molar-refractivity contribution in [2.24, 2.45) is 0 Å². The van der Waals surface area contributed by atoms with Crippen molar-refractivity contribution in [3.8, 4) is 5.82 Å². The summed E-state index contributed by atoms with van der Waals surface area (Å²) in [6.07, 6.45) is 1.73. The Kier molecular flexibility index (Phi) is 2.03. The number of nitrogen functional groups attached to an aromatic ring is 1. The zero-order valence-electron chi connectivity index (χ0n) is 8.48. The van der Waals surface area contributed by atoms with Gasteiger partial charge in [-0.15, -0.1) is 5.10 Å². The van der Waals surface area contributed by atoms with Gasteiger partial charge in [-0.3, -0.25) is 4.79 Å². The largest absolute Gasteiger partial charge is 0.382 e. The fourth-order valence-corrected chi connectivity index (χ4v) is 1.27. The summed E-state index contributed by atoms with van der Waals surface area (Å²) in [4.78, 5) is 17.9. The molecule has 3 N–H and O–H groups in total. The first-order chi connectivity index (χ1) is 7.06. The summed E-state index contributed by atoms with van der Waals surface area (Å²) >= 11 is 0. The Morgan fingerprint density at radius 2 is 2.20 bits per heavy atom. The minimum Gasteiger partial charge on any atom is -0.382 e. The van der Waals surface area contributed by atoms with Gasteiger partial charge in [0.15, 0.2) is 5.82 Å². The van der Waals surface area contributed by atoms with Crippen LogP contribution in [-0.2, 0) is 0 Å². The zero-order valence-corrected chi connectivity index (χ0v) is 8.48. The molecule has 0 saturated heterocycles. The molecule has 2 aromatic heterocycles. The summed E-state index contributed by atoms with van der Waals surface area (Å²) in [7, 11) is 0. The maximum Gasteiger partial charge on any atom is 0.253 e. The van der Waals surface area contributed by atoms with E-state index in [0.717, 1.165) is 5.56 Å². The van der Waals surface area contributed by atoms with Crippen molar-refractivity contribution < 1.29 is 0 Å². The number of anilines is 1. The van der Waals surface area contributed by atoms with Crippen molar-refractivity contribution in [3.05, 3.63) is 34.0 Å². The van der Waals surface area contributed by atoms with Crippen LogP contribution in [0.3, 0.4) is 0 Å². The molecular weight excluding hydrogens is 194 g/mol. The lowest BCUT2D eigenvalue weighted by Crippen LogP contribution is -2.12. The number of nitrogens with two attached hydrogens (primary N) is 1. The molecule has 0 bridgehead atoms. The van der Waals surface area contributed by atoms with Crippen LogP contribution < -0.4 is 11.3 Å². The van der Waals surface area contributed by atoms with Gasteiger partial charge in [-0.05, 0) is 13.8 Å². The van der Waals surface area contributed by atoms with Crippen molar-refractivity contribution in [2.45, 2.75) is 13.8 Å². The average molecular weight is 205 g/mol. The van der Waals surface area contributed by atoms with Crippen LogP contribution in [0.15, 0.2) is 17.1 Å². The number of aromatic nitrogens is 4. The van der Waals surface area contributed by atoms with E-state index >= 15 is 0 Å². The van der Waals surface area contributed by atoms with Crippen LogP contribution in [0.4, 0.5) is 5.82 Å². The summed E-state index contributed by atoms with van der Waals surface area (Å²) < 4.78 is 1.49. The highest BCUT2D eigenvalue weighted by molar-refractivity contribution is 5.38. The lowest BCUT2D eigenvalue weighted by Gasteiger charge is -1.99. The molecule has 0 aliphatic rings. The van der Waals surface area contributed by atoms with E-state index < -0.39 is 0 Å². The Morgan fingerprint density at radius 3 is 2.73 bits per heavy atom. The Labute approximate surface area is 85.8 Å². The molecule has 2 rings (SSSR count). The number of aromatic amines is 1. The standard InChI is InChI=1S/C9H11N5O/c1-5-4-14(13-9(5)10)7-3-8(15)12-6(2)11-7/h3-4H,1-2H3,(H2,10,13)(H,11,12,15). The predicted octanol–water partition coefficient (Wildman–Crippen LogP) is 0.155. The van der Waals surface area contributed by atoms with Gasteiger partial charge in [0.1, 0.15) is 11.6 Å². The molecule has 0 unspecified atom stereocenters. The first-order valence-electron chi connectivity index (χ1n) is 4.46. The Bertz CT molecular complexity index is 534. The van der Waals surface area contributed by atoms with E-state index in [2.05, 4.69) is 15.1 Å². The van der Waals surface area contributed by atoms with Crippen molar-refractivity contribution in [1.82, 2.24) is 19.7 Å². The van der Waals surface area contributed by atoms with Gasteiger partial charge >= 0.3 is 0 Å². The topological polar surface area (TPSA) is 89.6 Å². The normalized spacial score (nSPS) is 10.5. The Hall–Kier alpha value is -2.11. The minimum atomic E-state index is -0.204. The van der Waals surface area contributed by atoms with Gasteiger partial charge in [-0.1, -0.05) is 0 Å². The van der Waals surface area contributed by atoms with Crippen LogP contribution >= 0.6 is 0 Å². The van der Waals surface area contributed by atoms with Crippen LogP contribution in [0.25, 0.3) is 5.82 Å². The summed E-state index contributed by atoms with van der Waals surface area (Å²) in [5.74, 6) is 1.45. The van der Waals surface area contributed by atoms with Crippen LogP contribution in [0.1, 0.15) is 11.4 Å². The van der Waals surface area contributed by atoms with Crippen LogP contribution in [0.2, 0.25) is 0 Å². The molecule has 0 spiro atoms. The summed E-state index contributed by atoms with van der Waals surface area (Å²) in [5.41, 5.74) is 6.26. The molecule has 0 atom stereocenters. The van der Waals surface area contributed by atoms with E-state index in [1.54, 1.807) is 13.1 Å². The van der Waals surface area contributed by atoms with E-state index in [-0.39, 0.29) is 5.56 Å². The average Bonchev–Trinajstić information content (AvgIpc) is 2.45. The monoisotopic (exact) mass is 205 g/mol. The highest BCUT2D eigenvalue weighted by Gasteiger charge is 2.05. The molecule has 2 heterocycles. The number of H-pyrrole nitrogens is 1. The molecule has 0 radical (unpaired) electrons. The number of hydrogen-bond donors (Lipinski definition) is 2. The van der Waals surface area contributed by atoms with Gasteiger partial charge in [0.25, 0.3) is 5.56 Å². The second-order valence-corrected chi connectivity index (χ2v) is 3.33. The van der Waals surface area contributed by atoms with E-state index in [9.17, 15) is 4.79 Å². The molecule has 15 heavy (non-hydrogen) atoms. The first-order valence-corrected chi connectivity index (χ1v) is 4.46. The molecule has 2 aromatic rings. The SMILES string of the molecule is Cc1nc(-n2cc(C)c(N)n2)cc(=O)[nH]1. The molecule has 6 nitrogen and oxygen atoms in total. The summed E-state index contributed by atoms with van der Waals surface area (Å²) in [6.45, 7) is 3.56. The van der Waals surface area contributed by atoms with Crippen LogP contribution in [0, 0.1) is 13.8 Å². The van der Waals surface area contributed by atoms with Crippen LogP contribution in [-0.4, -0.2) is 19.7 Å².